The Morgan fingerprint density at radius 1 is 1.46 bits per heavy atom. The number of rotatable bonds is 5. The normalized spacial score (nSPS) is 11.8. The van der Waals surface area contributed by atoms with E-state index in [1.165, 1.54) is 0 Å². The van der Waals surface area contributed by atoms with Crippen LogP contribution in [0.25, 0.3) is 0 Å². The van der Waals surface area contributed by atoms with Gasteiger partial charge in [0.15, 0.2) is 0 Å². The number of hydrogen-bond acceptors (Lipinski definition) is 2. The van der Waals surface area contributed by atoms with Crippen LogP contribution in [0, 0.1) is 0 Å². The molecule has 0 saturated carbocycles. The Hall–Kier alpha value is -0.850. The average molecular weight is 202 g/mol. The molecule has 0 aliphatic rings. The quantitative estimate of drug-likeness (QED) is 0.632. The number of nitrogens with two attached hydrogens (primary N) is 1. The van der Waals surface area contributed by atoms with Crippen LogP contribution in [0.15, 0.2) is 0 Å². The third-order valence-electron chi connectivity index (χ3n) is 1.21. The number of nitrogens with one attached hydrogen (secondary N) is 1. The van der Waals surface area contributed by atoms with Gasteiger partial charge in [0.2, 0.25) is 5.91 Å². The summed E-state index contributed by atoms with van der Waals surface area (Å²) in [5, 5.41) is 1.66. The van der Waals surface area contributed by atoms with Crippen molar-refractivity contribution in [2.75, 3.05) is 13.1 Å². The smallest absolute Gasteiger partial charge is 0.324 e. The Labute approximate surface area is 72.3 Å². The number of amides is 1. The van der Waals surface area contributed by atoms with Gasteiger partial charge in [-0.15, -0.1) is 0 Å². The van der Waals surface area contributed by atoms with Crippen molar-refractivity contribution in [1.29, 1.82) is 0 Å². The van der Waals surface area contributed by atoms with E-state index < -0.39 is 24.8 Å². The van der Waals surface area contributed by atoms with Gasteiger partial charge in [0.05, 0.1) is 6.54 Å². The molecule has 0 atom stereocenters. The first kappa shape index (κ1) is 12.2. The molecule has 1 amide bonds. The van der Waals surface area contributed by atoms with E-state index in [0.717, 1.165) is 0 Å². The van der Waals surface area contributed by atoms with Crippen molar-refractivity contribution in [3.63, 3.8) is 0 Å². The Kier molecular flexibility index (Phi) is 4.68. The zero-order chi connectivity index (χ0) is 10.5. The molecule has 0 aromatic rings. The summed E-state index contributed by atoms with van der Waals surface area (Å²) in [5.41, 5.74) is 4.93. The predicted molar refractivity (Wildman–Crippen MR) is 37.6 cm³/mol. The summed E-state index contributed by atoms with van der Waals surface area (Å²) in [6.45, 7) is -1.37. The van der Waals surface area contributed by atoms with Crippen LogP contribution >= 0.6 is 0 Å². The Balaban J connectivity index is 3.81. The molecule has 3 N–H and O–H groups in total. The van der Waals surface area contributed by atoms with E-state index in [1.807, 2.05) is 0 Å². The van der Waals surface area contributed by atoms with E-state index >= 15 is 0 Å². The lowest BCUT2D eigenvalue weighted by atomic mass is 10.3. The molecule has 0 fully saturated rings. The van der Waals surface area contributed by atoms with Crippen LogP contribution in [0.3, 0.4) is 0 Å². The SMILES string of the molecule is NCCC(=O)NCC(F)(F)C(F)F. The molecular weight excluding hydrogens is 192 g/mol. The number of hydrogen-bond donors (Lipinski definition) is 2. The largest absolute Gasteiger partial charge is 0.350 e. The Morgan fingerprint density at radius 3 is 2.38 bits per heavy atom. The monoisotopic (exact) mass is 202 g/mol. The molecule has 0 unspecified atom stereocenters. The molecule has 0 radical (unpaired) electrons. The van der Waals surface area contributed by atoms with Gasteiger partial charge in [-0.25, -0.2) is 8.78 Å². The molecule has 0 heterocycles. The van der Waals surface area contributed by atoms with Gasteiger partial charge >= 0.3 is 12.3 Å². The van der Waals surface area contributed by atoms with Gasteiger partial charge in [0.25, 0.3) is 0 Å². The first-order chi connectivity index (χ1) is 5.90. The molecule has 0 aliphatic carbocycles. The summed E-state index contributed by atoms with van der Waals surface area (Å²) in [6, 6.07) is 0. The summed E-state index contributed by atoms with van der Waals surface area (Å²) in [7, 11) is 0. The fourth-order valence-electron chi connectivity index (χ4n) is 0.513. The number of halogens is 4. The van der Waals surface area contributed by atoms with Crippen molar-refractivity contribution in [1.82, 2.24) is 5.32 Å². The second-order valence-corrected chi connectivity index (χ2v) is 2.38. The molecular formula is C6H10F4N2O. The molecule has 0 aromatic carbocycles. The van der Waals surface area contributed by atoms with E-state index in [9.17, 15) is 22.4 Å². The number of carbonyl (C=O) groups excluding carboxylic acids is 1. The lowest BCUT2D eigenvalue weighted by molar-refractivity contribution is -0.136. The lowest BCUT2D eigenvalue weighted by Gasteiger charge is -2.15. The van der Waals surface area contributed by atoms with Crippen LogP contribution in [-0.4, -0.2) is 31.3 Å². The summed E-state index contributed by atoms with van der Waals surface area (Å²) in [6.07, 6.45) is -3.93. The topological polar surface area (TPSA) is 55.1 Å². The van der Waals surface area contributed by atoms with Crippen LogP contribution in [0.4, 0.5) is 17.6 Å². The number of carbonyl (C=O) groups is 1. The van der Waals surface area contributed by atoms with Gasteiger partial charge in [0, 0.05) is 13.0 Å². The van der Waals surface area contributed by atoms with Gasteiger partial charge < -0.3 is 11.1 Å². The molecule has 13 heavy (non-hydrogen) atoms. The van der Waals surface area contributed by atoms with Crippen molar-refractivity contribution < 1.29 is 22.4 Å². The average Bonchev–Trinajstić information content (AvgIpc) is 2.01. The molecule has 0 aliphatic heterocycles. The molecule has 0 spiro atoms. The van der Waals surface area contributed by atoms with Crippen molar-refractivity contribution >= 4 is 5.91 Å². The van der Waals surface area contributed by atoms with Gasteiger partial charge in [-0.2, -0.15) is 8.78 Å². The van der Waals surface area contributed by atoms with Crippen LogP contribution in [0.1, 0.15) is 6.42 Å². The van der Waals surface area contributed by atoms with Gasteiger partial charge in [-0.1, -0.05) is 0 Å². The van der Waals surface area contributed by atoms with Gasteiger partial charge in [-0.3, -0.25) is 4.79 Å². The van der Waals surface area contributed by atoms with E-state index in [4.69, 9.17) is 5.73 Å². The molecule has 0 aromatic heterocycles. The minimum atomic E-state index is -4.18. The molecule has 7 heteroatoms. The van der Waals surface area contributed by atoms with E-state index in [0.29, 0.717) is 0 Å². The zero-order valence-electron chi connectivity index (χ0n) is 6.70. The third-order valence-corrected chi connectivity index (χ3v) is 1.21. The minimum absolute atomic E-state index is 0.00785. The van der Waals surface area contributed by atoms with Crippen LogP contribution in [0.5, 0.6) is 0 Å². The highest BCUT2D eigenvalue weighted by Gasteiger charge is 2.40. The predicted octanol–water partition coefficient (Wildman–Crippen LogP) is 0.352. The fraction of sp³-hybridized carbons (Fsp3) is 0.833. The molecule has 78 valence electrons. The Bertz CT molecular complexity index is 174. The van der Waals surface area contributed by atoms with Crippen LogP contribution < -0.4 is 11.1 Å². The maximum atomic E-state index is 12.2. The summed E-state index contributed by atoms with van der Waals surface area (Å²) >= 11 is 0. The first-order valence-electron chi connectivity index (χ1n) is 3.53. The van der Waals surface area contributed by atoms with Crippen LogP contribution in [-0.2, 0) is 4.79 Å². The number of alkyl halides is 4. The Morgan fingerprint density at radius 2 is 2.00 bits per heavy atom. The van der Waals surface area contributed by atoms with E-state index in [2.05, 4.69) is 0 Å². The molecule has 0 saturated heterocycles. The lowest BCUT2D eigenvalue weighted by Crippen LogP contribution is -2.41. The van der Waals surface area contributed by atoms with Gasteiger partial charge in [-0.05, 0) is 0 Å². The summed E-state index contributed by atoms with van der Waals surface area (Å²) < 4.78 is 47.3. The highest BCUT2D eigenvalue weighted by molar-refractivity contribution is 5.76. The van der Waals surface area contributed by atoms with E-state index in [1.54, 1.807) is 5.32 Å². The summed E-state index contributed by atoms with van der Waals surface area (Å²) in [5.74, 6) is -4.94. The van der Waals surface area contributed by atoms with Crippen molar-refractivity contribution in [2.24, 2.45) is 5.73 Å². The van der Waals surface area contributed by atoms with Gasteiger partial charge in [0.1, 0.15) is 0 Å². The second-order valence-electron chi connectivity index (χ2n) is 2.38. The second kappa shape index (κ2) is 5.00. The summed E-state index contributed by atoms with van der Waals surface area (Å²) in [4.78, 5) is 10.5. The van der Waals surface area contributed by atoms with Crippen molar-refractivity contribution in [2.45, 2.75) is 18.8 Å². The third kappa shape index (κ3) is 4.66. The fourth-order valence-corrected chi connectivity index (χ4v) is 0.513. The molecule has 0 rings (SSSR count). The first-order valence-corrected chi connectivity index (χ1v) is 3.53. The molecule has 0 bridgehead atoms. The minimum Gasteiger partial charge on any atom is -0.350 e. The highest BCUT2D eigenvalue weighted by Crippen LogP contribution is 2.21. The maximum Gasteiger partial charge on any atom is 0.324 e. The van der Waals surface area contributed by atoms with Crippen molar-refractivity contribution in [3.8, 4) is 0 Å². The highest BCUT2D eigenvalue weighted by atomic mass is 19.3. The van der Waals surface area contributed by atoms with E-state index in [-0.39, 0.29) is 13.0 Å². The molecule has 3 nitrogen and oxygen atoms in total. The van der Waals surface area contributed by atoms with Crippen LogP contribution in [0.2, 0.25) is 0 Å². The zero-order valence-corrected chi connectivity index (χ0v) is 6.70. The van der Waals surface area contributed by atoms with Crippen molar-refractivity contribution in [3.05, 3.63) is 0 Å². The standard InChI is InChI=1S/C6H10F4N2O/c7-5(8)6(9,10)3-12-4(13)1-2-11/h5H,1-3,11H2,(H,12,13). The maximum absolute atomic E-state index is 12.2.